The maximum atomic E-state index is 13.0. The number of urea groups is 1. The van der Waals surface area contributed by atoms with E-state index >= 15 is 0 Å². The van der Waals surface area contributed by atoms with Crippen LogP contribution in [0.3, 0.4) is 0 Å². The van der Waals surface area contributed by atoms with Crippen molar-refractivity contribution in [1.82, 2.24) is 5.32 Å². The van der Waals surface area contributed by atoms with Gasteiger partial charge in [0.25, 0.3) is 0 Å². The first-order valence-corrected chi connectivity index (χ1v) is 6.27. The molecule has 0 aliphatic heterocycles. The van der Waals surface area contributed by atoms with E-state index in [1.54, 1.807) is 0 Å². The van der Waals surface area contributed by atoms with Crippen molar-refractivity contribution < 1.29 is 18.0 Å². The zero-order chi connectivity index (χ0) is 15.4. The van der Waals surface area contributed by atoms with Gasteiger partial charge in [-0.3, -0.25) is 0 Å². The van der Waals surface area contributed by atoms with Crippen LogP contribution in [0.1, 0.15) is 5.56 Å². The number of hydrogen-bond donors (Lipinski definition) is 2. The normalized spacial score (nSPS) is 10.3. The van der Waals surface area contributed by atoms with Crippen LogP contribution in [-0.4, -0.2) is 6.03 Å². The van der Waals surface area contributed by atoms with E-state index in [-0.39, 0.29) is 17.3 Å². The fourth-order valence-electron chi connectivity index (χ4n) is 1.59. The van der Waals surface area contributed by atoms with Crippen molar-refractivity contribution in [3.05, 3.63) is 64.4 Å². The third-order valence-electron chi connectivity index (χ3n) is 2.63. The van der Waals surface area contributed by atoms with Crippen molar-refractivity contribution in [1.29, 1.82) is 0 Å². The molecule has 0 heterocycles. The summed E-state index contributed by atoms with van der Waals surface area (Å²) in [5.74, 6) is -2.54. The molecule has 7 heteroatoms. The fourth-order valence-corrected chi connectivity index (χ4v) is 1.82. The first-order chi connectivity index (χ1) is 9.95. The Bertz CT molecular complexity index is 679. The minimum Gasteiger partial charge on any atom is -0.334 e. The molecule has 2 aromatic carbocycles. The molecule has 0 saturated heterocycles. The monoisotopic (exact) mass is 314 g/mol. The van der Waals surface area contributed by atoms with Crippen molar-refractivity contribution in [3.63, 3.8) is 0 Å². The molecule has 110 valence electrons. The Morgan fingerprint density at radius 2 is 1.81 bits per heavy atom. The van der Waals surface area contributed by atoms with Crippen LogP contribution in [0.5, 0.6) is 0 Å². The van der Waals surface area contributed by atoms with Crippen LogP contribution < -0.4 is 10.6 Å². The van der Waals surface area contributed by atoms with Crippen molar-refractivity contribution in [2.45, 2.75) is 6.54 Å². The van der Waals surface area contributed by atoms with Gasteiger partial charge in [0.1, 0.15) is 5.82 Å². The highest BCUT2D eigenvalue weighted by Gasteiger charge is 2.07. The van der Waals surface area contributed by atoms with Crippen LogP contribution in [0.2, 0.25) is 5.02 Å². The molecule has 0 bridgehead atoms. The lowest BCUT2D eigenvalue weighted by Crippen LogP contribution is -2.28. The summed E-state index contributed by atoms with van der Waals surface area (Å²) in [5, 5.41) is 4.99. The lowest BCUT2D eigenvalue weighted by Gasteiger charge is -2.09. The average molecular weight is 315 g/mol. The summed E-state index contributed by atoms with van der Waals surface area (Å²) in [6.07, 6.45) is 0. The minimum atomic E-state index is -1.06. The molecule has 0 spiro atoms. The van der Waals surface area contributed by atoms with Gasteiger partial charge >= 0.3 is 6.03 Å². The SMILES string of the molecule is O=C(NCc1ccc(F)cc1Cl)Nc1ccc(F)c(F)c1. The van der Waals surface area contributed by atoms with Gasteiger partial charge < -0.3 is 10.6 Å². The van der Waals surface area contributed by atoms with Crippen LogP contribution >= 0.6 is 11.6 Å². The largest absolute Gasteiger partial charge is 0.334 e. The van der Waals surface area contributed by atoms with E-state index in [4.69, 9.17) is 11.6 Å². The number of benzene rings is 2. The maximum Gasteiger partial charge on any atom is 0.319 e. The molecule has 2 N–H and O–H groups in total. The van der Waals surface area contributed by atoms with Crippen LogP contribution in [0.25, 0.3) is 0 Å². The van der Waals surface area contributed by atoms with Crippen LogP contribution in [0.4, 0.5) is 23.7 Å². The standard InChI is InChI=1S/C14H10ClF3N2O/c15-11-5-9(16)2-1-8(11)7-19-14(21)20-10-3-4-12(17)13(18)6-10/h1-6H,7H2,(H2,19,20,21). The van der Waals surface area contributed by atoms with E-state index in [9.17, 15) is 18.0 Å². The van der Waals surface area contributed by atoms with E-state index in [1.807, 2.05) is 0 Å². The van der Waals surface area contributed by atoms with Gasteiger partial charge in [-0.05, 0) is 29.8 Å². The summed E-state index contributed by atoms with van der Waals surface area (Å²) in [6.45, 7) is 0.0641. The fraction of sp³-hybridized carbons (Fsp3) is 0.0714. The number of nitrogens with one attached hydrogen (secondary N) is 2. The van der Waals surface area contributed by atoms with E-state index in [2.05, 4.69) is 10.6 Å². The number of anilines is 1. The van der Waals surface area contributed by atoms with Gasteiger partial charge in [0.2, 0.25) is 0 Å². The summed E-state index contributed by atoms with van der Waals surface area (Å²) in [5.41, 5.74) is 0.634. The highest BCUT2D eigenvalue weighted by molar-refractivity contribution is 6.31. The number of carbonyl (C=O) groups is 1. The van der Waals surface area contributed by atoms with Gasteiger partial charge in [-0.15, -0.1) is 0 Å². The molecule has 21 heavy (non-hydrogen) atoms. The Morgan fingerprint density at radius 1 is 1.05 bits per heavy atom. The third-order valence-corrected chi connectivity index (χ3v) is 2.98. The predicted octanol–water partition coefficient (Wildman–Crippen LogP) is 4.08. The van der Waals surface area contributed by atoms with Crippen molar-refractivity contribution in [2.24, 2.45) is 0 Å². The molecule has 2 aromatic rings. The van der Waals surface area contributed by atoms with Crippen molar-refractivity contribution in [2.75, 3.05) is 5.32 Å². The second kappa shape index (κ2) is 6.49. The van der Waals surface area contributed by atoms with E-state index in [0.717, 1.165) is 18.2 Å². The molecular formula is C14H10ClF3N2O. The quantitative estimate of drug-likeness (QED) is 0.880. The molecule has 0 aromatic heterocycles. The lowest BCUT2D eigenvalue weighted by molar-refractivity contribution is 0.251. The topological polar surface area (TPSA) is 41.1 Å². The minimum absolute atomic E-state index is 0.0641. The predicted molar refractivity (Wildman–Crippen MR) is 73.6 cm³/mol. The van der Waals surface area contributed by atoms with Crippen LogP contribution in [0.15, 0.2) is 36.4 Å². The van der Waals surface area contributed by atoms with Crippen LogP contribution in [0, 0.1) is 17.5 Å². The molecular weight excluding hydrogens is 305 g/mol. The Labute approximate surface area is 123 Å². The summed E-state index contributed by atoms with van der Waals surface area (Å²) in [6, 6.07) is 6.16. The molecule has 0 saturated carbocycles. The highest BCUT2D eigenvalue weighted by Crippen LogP contribution is 2.17. The molecule has 3 nitrogen and oxygen atoms in total. The van der Waals surface area contributed by atoms with Gasteiger partial charge in [0.15, 0.2) is 11.6 Å². The zero-order valence-corrected chi connectivity index (χ0v) is 11.3. The Kier molecular flexibility index (Phi) is 4.70. The molecule has 0 aliphatic rings. The smallest absolute Gasteiger partial charge is 0.319 e. The molecule has 2 amide bonds. The van der Waals surface area contributed by atoms with Crippen molar-refractivity contribution >= 4 is 23.3 Å². The molecule has 0 radical (unpaired) electrons. The van der Waals surface area contributed by atoms with Gasteiger partial charge in [-0.2, -0.15) is 0 Å². The molecule has 0 unspecified atom stereocenters. The highest BCUT2D eigenvalue weighted by atomic mass is 35.5. The van der Waals surface area contributed by atoms with Crippen LogP contribution in [-0.2, 0) is 6.54 Å². The average Bonchev–Trinajstić information content (AvgIpc) is 2.42. The van der Waals surface area contributed by atoms with Gasteiger partial charge in [-0.1, -0.05) is 17.7 Å². The second-order valence-corrected chi connectivity index (χ2v) is 4.58. The van der Waals surface area contributed by atoms with E-state index < -0.39 is 23.5 Å². The van der Waals surface area contributed by atoms with E-state index in [1.165, 1.54) is 18.2 Å². The Hall–Kier alpha value is -2.21. The number of halogens is 4. The van der Waals surface area contributed by atoms with Crippen molar-refractivity contribution in [3.8, 4) is 0 Å². The molecule has 0 atom stereocenters. The number of amides is 2. The Morgan fingerprint density at radius 3 is 2.48 bits per heavy atom. The number of rotatable bonds is 3. The Balaban J connectivity index is 1.94. The number of carbonyl (C=O) groups excluding carboxylic acids is 1. The van der Waals surface area contributed by atoms with Gasteiger partial charge in [-0.25, -0.2) is 18.0 Å². The van der Waals surface area contributed by atoms with E-state index in [0.29, 0.717) is 5.56 Å². The molecule has 0 fully saturated rings. The lowest BCUT2D eigenvalue weighted by atomic mass is 10.2. The summed E-state index contributed by atoms with van der Waals surface area (Å²) in [7, 11) is 0. The molecule has 0 aliphatic carbocycles. The second-order valence-electron chi connectivity index (χ2n) is 4.17. The number of hydrogen-bond acceptors (Lipinski definition) is 1. The summed E-state index contributed by atoms with van der Waals surface area (Å²) in [4.78, 5) is 11.6. The third kappa shape index (κ3) is 4.13. The summed E-state index contributed by atoms with van der Waals surface area (Å²) < 4.78 is 38.6. The summed E-state index contributed by atoms with van der Waals surface area (Å²) >= 11 is 5.81. The van der Waals surface area contributed by atoms with Gasteiger partial charge in [0.05, 0.1) is 0 Å². The first-order valence-electron chi connectivity index (χ1n) is 5.89. The molecule has 2 rings (SSSR count). The van der Waals surface area contributed by atoms with Gasteiger partial charge in [0, 0.05) is 23.3 Å². The maximum absolute atomic E-state index is 13.0. The first kappa shape index (κ1) is 15.2. The zero-order valence-electron chi connectivity index (χ0n) is 10.6.